The molecule has 2 N–H and O–H groups in total. The van der Waals surface area contributed by atoms with Gasteiger partial charge in [-0.05, 0) is 0 Å². The maximum absolute atomic E-state index is 9.33. The van der Waals surface area contributed by atoms with E-state index < -0.39 is 18.0 Å². The summed E-state index contributed by atoms with van der Waals surface area (Å²) in [4.78, 5) is 0. The zero-order valence-electron chi connectivity index (χ0n) is 2.88. The van der Waals surface area contributed by atoms with E-state index in [9.17, 15) is 8.76 Å². The van der Waals surface area contributed by atoms with Gasteiger partial charge >= 0.3 is 0 Å². The minimum atomic E-state index is -2.32. The van der Waals surface area contributed by atoms with Gasteiger partial charge < -0.3 is 9.66 Å². The van der Waals surface area contributed by atoms with E-state index in [4.69, 9.17) is 5.11 Å². The van der Waals surface area contributed by atoms with Gasteiger partial charge in [-0.1, -0.05) is 0 Å². The van der Waals surface area contributed by atoms with Crippen molar-refractivity contribution >= 4 is 11.3 Å². The summed E-state index contributed by atoms with van der Waals surface area (Å²) in [5.41, 5.74) is 0. The Morgan fingerprint density at radius 1 is 2.00 bits per heavy atom. The van der Waals surface area contributed by atoms with Crippen LogP contribution in [-0.2, 0) is 11.3 Å². The fourth-order valence-corrected chi connectivity index (χ4v) is 0.158. The topological polar surface area (TPSA) is 72.4 Å². The number of hydrogen-bond acceptors (Lipinski definition) is 3. The number of rotatable bonds is 2. The van der Waals surface area contributed by atoms with E-state index in [0.717, 1.165) is 0 Å². The van der Waals surface area contributed by atoms with Crippen molar-refractivity contribution in [2.45, 2.75) is 0 Å². The molecule has 0 aliphatic heterocycles. The number of aliphatic hydroxyl groups is 1. The molecule has 0 spiro atoms. The van der Waals surface area contributed by atoms with Crippen molar-refractivity contribution in [3.63, 3.8) is 0 Å². The summed E-state index contributed by atoms with van der Waals surface area (Å²) < 4.78 is 20.3. The summed E-state index contributed by atoms with van der Waals surface area (Å²) in [6, 6.07) is 0. The normalized spacial score (nSPS) is 14.3. The van der Waals surface area contributed by atoms with Crippen LogP contribution in [0.3, 0.4) is 0 Å². The Labute approximate surface area is 37.6 Å². The van der Waals surface area contributed by atoms with Crippen molar-refractivity contribution < 1.29 is 13.9 Å². The molecule has 0 heterocycles. The van der Waals surface area contributed by atoms with Crippen LogP contribution >= 0.6 is 0 Å². The summed E-state index contributed by atoms with van der Waals surface area (Å²) in [7, 11) is 0. The summed E-state index contributed by atoms with van der Waals surface area (Å²) in [6.45, 7) is -0.532. The van der Waals surface area contributed by atoms with E-state index in [1.54, 1.807) is 4.72 Å². The SMILES string of the molecule is O=S([O-])NCO. The van der Waals surface area contributed by atoms with E-state index in [1.807, 2.05) is 0 Å². The predicted octanol–water partition coefficient (Wildman–Crippen LogP) is -1.68. The van der Waals surface area contributed by atoms with Crippen molar-refractivity contribution in [2.75, 3.05) is 6.73 Å². The summed E-state index contributed by atoms with van der Waals surface area (Å²) in [5.74, 6) is 0. The molecule has 1 atom stereocenters. The monoisotopic (exact) mass is 110 g/mol. The first-order valence-corrected chi connectivity index (χ1v) is 2.28. The number of nitrogens with one attached hydrogen (secondary N) is 1. The first kappa shape index (κ1) is 6.03. The second-order valence-electron chi connectivity index (χ2n) is 0.537. The summed E-state index contributed by atoms with van der Waals surface area (Å²) >= 11 is -2.32. The highest BCUT2D eigenvalue weighted by molar-refractivity contribution is 7.77. The lowest BCUT2D eigenvalue weighted by Gasteiger charge is -1.99. The van der Waals surface area contributed by atoms with E-state index in [2.05, 4.69) is 0 Å². The lowest BCUT2D eigenvalue weighted by atomic mass is 11.4. The van der Waals surface area contributed by atoms with Gasteiger partial charge in [-0.15, -0.1) is 0 Å². The molecular weight excluding hydrogens is 106 g/mol. The van der Waals surface area contributed by atoms with Crippen molar-refractivity contribution in [1.29, 1.82) is 0 Å². The van der Waals surface area contributed by atoms with Crippen LogP contribution in [-0.4, -0.2) is 20.6 Å². The lowest BCUT2D eigenvalue weighted by Crippen LogP contribution is -2.16. The molecule has 0 aromatic heterocycles. The minimum Gasteiger partial charge on any atom is -0.760 e. The first-order valence-electron chi connectivity index (χ1n) is 1.21. The molecular formula is CH4NO3S-. The third kappa shape index (κ3) is 4.03. The highest BCUT2D eigenvalue weighted by Gasteiger charge is 1.69. The van der Waals surface area contributed by atoms with E-state index in [0.29, 0.717) is 0 Å². The van der Waals surface area contributed by atoms with Crippen molar-refractivity contribution in [3.8, 4) is 0 Å². The Bertz CT molecular complexity index is 54.8. The number of aliphatic hydroxyl groups excluding tert-OH is 1. The molecule has 1 unspecified atom stereocenters. The van der Waals surface area contributed by atoms with Crippen molar-refractivity contribution in [1.82, 2.24) is 4.72 Å². The molecule has 38 valence electrons. The van der Waals surface area contributed by atoms with Gasteiger partial charge in [-0.3, -0.25) is 4.21 Å². The highest BCUT2D eigenvalue weighted by Crippen LogP contribution is 1.53. The van der Waals surface area contributed by atoms with Crippen LogP contribution in [0.5, 0.6) is 0 Å². The number of hydrogen-bond donors (Lipinski definition) is 2. The standard InChI is InChI=1S/CH5NO3S/c3-1-2-6(4)5/h2-3H,1H2,(H,4,5)/p-1. The molecule has 0 aliphatic rings. The van der Waals surface area contributed by atoms with Crippen LogP contribution in [0.1, 0.15) is 0 Å². The fourth-order valence-electron chi connectivity index (χ4n) is 0.0527. The third-order valence-electron chi connectivity index (χ3n) is 0.182. The second kappa shape index (κ2) is 3.23. The van der Waals surface area contributed by atoms with Gasteiger partial charge in [-0.2, -0.15) is 0 Å². The Balaban J connectivity index is 2.83. The van der Waals surface area contributed by atoms with Crippen LogP contribution in [0, 0.1) is 0 Å². The maximum atomic E-state index is 9.33. The Kier molecular flexibility index (Phi) is 3.24. The smallest absolute Gasteiger partial charge is 0.103 e. The Morgan fingerprint density at radius 3 is 2.50 bits per heavy atom. The molecule has 6 heavy (non-hydrogen) atoms. The van der Waals surface area contributed by atoms with Gasteiger partial charge in [0.15, 0.2) is 0 Å². The van der Waals surface area contributed by atoms with Crippen LogP contribution in [0.4, 0.5) is 0 Å². The second-order valence-corrected chi connectivity index (χ2v) is 1.30. The van der Waals surface area contributed by atoms with E-state index in [-0.39, 0.29) is 0 Å². The van der Waals surface area contributed by atoms with Gasteiger partial charge in [0, 0.05) is 11.3 Å². The van der Waals surface area contributed by atoms with Crippen LogP contribution in [0.15, 0.2) is 0 Å². The molecule has 0 aliphatic carbocycles. The summed E-state index contributed by atoms with van der Waals surface area (Å²) in [5, 5.41) is 7.73. The Hall–Kier alpha value is 0.0300. The molecule has 0 saturated heterocycles. The molecule has 0 amide bonds. The van der Waals surface area contributed by atoms with Gasteiger partial charge in [0.25, 0.3) is 0 Å². The molecule has 5 heteroatoms. The van der Waals surface area contributed by atoms with E-state index >= 15 is 0 Å². The van der Waals surface area contributed by atoms with E-state index in [1.165, 1.54) is 0 Å². The largest absolute Gasteiger partial charge is 0.760 e. The zero-order chi connectivity index (χ0) is 4.99. The van der Waals surface area contributed by atoms with Crippen LogP contribution in [0.25, 0.3) is 0 Å². The molecule has 0 rings (SSSR count). The quantitative estimate of drug-likeness (QED) is 0.329. The van der Waals surface area contributed by atoms with Gasteiger partial charge in [0.1, 0.15) is 6.73 Å². The Morgan fingerprint density at radius 2 is 2.50 bits per heavy atom. The van der Waals surface area contributed by atoms with Crippen molar-refractivity contribution in [2.24, 2.45) is 0 Å². The highest BCUT2D eigenvalue weighted by atomic mass is 32.2. The molecule has 0 radical (unpaired) electrons. The summed E-state index contributed by atoms with van der Waals surface area (Å²) in [6.07, 6.45) is 0. The molecule has 0 bridgehead atoms. The van der Waals surface area contributed by atoms with Gasteiger partial charge in [0.05, 0.1) is 0 Å². The molecule has 0 aromatic carbocycles. The average molecular weight is 110 g/mol. The van der Waals surface area contributed by atoms with Crippen LogP contribution in [0.2, 0.25) is 0 Å². The third-order valence-corrected chi connectivity index (χ3v) is 0.547. The molecule has 0 aromatic rings. The molecule has 0 saturated carbocycles. The van der Waals surface area contributed by atoms with Gasteiger partial charge in [-0.25, -0.2) is 4.72 Å². The first-order chi connectivity index (χ1) is 2.77. The van der Waals surface area contributed by atoms with Crippen molar-refractivity contribution in [3.05, 3.63) is 0 Å². The average Bonchev–Trinajstić information content (AvgIpc) is 1.35. The maximum Gasteiger partial charge on any atom is 0.103 e. The lowest BCUT2D eigenvalue weighted by molar-refractivity contribution is 0.286. The molecule has 4 nitrogen and oxygen atoms in total. The fraction of sp³-hybridized carbons (Fsp3) is 1.00. The molecule has 0 fully saturated rings. The zero-order valence-corrected chi connectivity index (χ0v) is 3.70. The van der Waals surface area contributed by atoms with Crippen LogP contribution < -0.4 is 4.72 Å². The predicted molar refractivity (Wildman–Crippen MR) is 19.1 cm³/mol. The minimum absolute atomic E-state index is 0.532. The van der Waals surface area contributed by atoms with Gasteiger partial charge in [0.2, 0.25) is 0 Å².